The van der Waals surface area contributed by atoms with Gasteiger partial charge >= 0.3 is 0 Å². The highest BCUT2D eigenvalue weighted by Crippen LogP contribution is 2.28. The van der Waals surface area contributed by atoms with Gasteiger partial charge in [0.1, 0.15) is 0 Å². The van der Waals surface area contributed by atoms with Gasteiger partial charge in [-0.25, -0.2) is 0 Å². The van der Waals surface area contributed by atoms with Crippen molar-refractivity contribution in [1.82, 2.24) is 0 Å². The molecule has 0 amide bonds. The molecule has 1 nitrogen and oxygen atoms in total. The molecular weight excluding hydrogens is 132 g/mol. The minimum Gasteiger partial charge on any atom is -0.381 e. The molecule has 2 heteroatoms. The van der Waals surface area contributed by atoms with E-state index in [9.17, 15) is 0 Å². The lowest BCUT2D eigenvalue weighted by Gasteiger charge is -2.31. The van der Waals surface area contributed by atoms with Crippen molar-refractivity contribution < 1.29 is 4.74 Å². The molecule has 1 atom stereocenters. The summed E-state index contributed by atoms with van der Waals surface area (Å²) in [5.74, 6) is 0.951. The Morgan fingerprint density at radius 2 is 2.44 bits per heavy atom. The van der Waals surface area contributed by atoms with Crippen LogP contribution in [0.1, 0.15) is 19.8 Å². The molecule has 1 heterocycles. The molecule has 9 heavy (non-hydrogen) atoms. The molecule has 1 aliphatic rings. The number of rotatable bonds is 1. The fraction of sp³-hybridized carbons (Fsp3) is 1.00. The fourth-order valence-corrected chi connectivity index (χ4v) is 1.37. The van der Waals surface area contributed by atoms with Crippen LogP contribution >= 0.6 is 12.6 Å². The van der Waals surface area contributed by atoms with E-state index in [2.05, 4.69) is 19.6 Å². The summed E-state index contributed by atoms with van der Waals surface area (Å²) in [6, 6.07) is 0. The van der Waals surface area contributed by atoms with Crippen LogP contribution in [0.4, 0.5) is 0 Å². The summed E-state index contributed by atoms with van der Waals surface area (Å²) in [4.78, 5) is 0. The maximum atomic E-state index is 5.33. The van der Waals surface area contributed by atoms with E-state index in [0.29, 0.717) is 5.41 Å². The minimum absolute atomic E-state index is 0.362. The Hall–Kier alpha value is 0.310. The second-order valence-corrected chi connectivity index (χ2v) is 3.44. The van der Waals surface area contributed by atoms with Gasteiger partial charge in [-0.3, -0.25) is 0 Å². The predicted molar refractivity (Wildman–Crippen MR) is 42.0 cm³/mol. The molecule has 1 saturated heterocycles. The number of hydrogen-bond donors (Lipinski definition) is 1. The van der Waals surface area contributed by atoms with Crippen LogP contribution in [0, 0.1) is 5.41 Å². The van der Waals surface area contributed by atoms with Crippen LogP contribution in [0.15, 0.2) is 0 Å². The zero-order valence-corrected chi connectivity index (χ0v) is 6.79. The summed E-state index contributed by atoms with van der Waals surface area (Å²) in [5.41, 5.74) is 0.362. The first-order valence-electron chi connectivity index (χ1n) is 3.45. The molecule has 0 saturated carbocycles. The monoisotopic (exact) mass is 146 g/mol. The van der Waals surface area contributed by atoms with Crippen molar-refractivity contribution in [1.29, 1.82) is 0 Å². The van der Waals surface area contributed by atoms with Crippen molar-refractivity contribution in [2.45, 2.75) is 19.8 Å². The van der Waals surface area contributed by atoms with E-state index in [0.717, 1.165) is 19.0 Å². The van der Waals surface area contributed by atoms with Crippen LogP contribution in [0.5, 0.6) is 0 Å². The van der Waals surface area contributed by atoms with Crippen LogP contribution in [0.25, 0.3) is 0 Å². The van der Waals surface area contributed by atoms with Crippen molar-refractivity contribution in [2.75, 3.05) is 19.0 Å². The van der Waals surface area contributed by atoms with E-state index < -0.39 is 0 Å². The smallest absolute Gasteiger partial charge is 0.0527 e. The van der Waals surface area contributed by atoms with E-state index in [1.165, 1.54) is 12.8 Å². The molecule has 0 aromatic rings. The molecule has 0 aromatic heterocycles. The molecule has 1 fully saturated rings. The molecule has 54 valence electrons. The van der Waals surface area contributed by atoms with Crippen molar-refractivity contribution in [3.63, 3.8) is 0 Å². The van der Waals surface area contributed by atoms with Gasteiger partial charge in [-0.15, -0.1) is 0 Å². The lowest BCUT2D eigenvalue weighted by molar-refractivity contribution is 0.0154. The topological polar surface area (TPSA) is 9.23 Å². The third-order valence-corrected chi connectivity index (χ3v) is 2.66. The lowest BCUT2D eigenvalue weighted by atomic mass is 9.87. The zero-order valence-electron chi connectivity index (χ0n) is 5.89. The van der Waals surface area contributed by atoms with Gasteiger partial charge in [0, 0.05) is 6.61 Å². The van der Waals surface area contributed by atoms with Crippen molar-refractivity contribution in [3.8, 4) is 0 Å². The zero-order chi connectivity index (χ0) is 6.74. The van der Waals surface area contributed by atoms with Crippen LogP contribution in [0.2, 0.25) is 0 Å². The number of ether oxygens (including phenoxy) is 1. The maximum absolute atomic E-state index is 5.33. The standard InChI is InChI=1S/C7H14OS/c1-7(6-9)3-2-4-8-5-7/h9H,2-6H2,1H3. The molecule has 0 bridgehead atoms. The van der Waals surface area contributed by atoms with Gasteiger partial charge in [0.25, 0.3) is 0 Å². The Balaban J connectivity index is 2.37. The van der Waals surface area contributed by atoms with Gasteiger partial charge in [0.05, 0.1) is 6.61 Å². The Bertz CT molecular complexity index is 86.9. The second kappa shape index (κ2) is 2.93. The highest BCUT2D eigenvalue weighted by atomic mass is 32.1. The van der Waals surface area contributed by atoms with Crippen molar-refractivity contribution >= 4 is 12.6 Å². The molecule has 0 radical (unpaired) electrons. The summed E-state index contributed by atoms with van der Waals surface area (Å²) < 4.78 is 5.33. The Kier molecular flexibility index (Phi) is 2.42. The highest BCUT2D eigenvalue weighted by molar-refractivity contribution is 7.80. The van der Waals surface area contributed by atoms with E-state index in [1.807, 2.05) is 0 Å². The molecule has 0 aliphatic carbocycles. The molecule has 0 N–H and O–H groups in total. The van der Waals surface area contributed by atoms with E-state index in [4.69, 9.17) is 4.74 Å². The lowest BCUT2D eigenvalue weighted by Crippen LogP contribution is -2.30. The third kappa shape index (κ3) is 1.87. The van der Waals surface area contributed by atoms with Gasteiger partial charge in [-0.2, -0.15) is 12.6 Å². The molecular formula is C7H14OS. The molecule has 1 unspecified atom stereocenters. The summed E-state index contributed by atoms with van der Waals surface area (Å²) in [6.45, 7) is 4.08. The Labute approximate surface area is 62.2 Å². The van der Waals surface area contributed by atoms with Gasteiger partial charge in [0.15, 0.2) is 0 Å². The minimum atomic E-state index is 0.362. The highest BCUT2D eigenvalue weighted by Gasteiger charge is 2.25. The Morgan fingerprint density at radius 3 is 2.78 bits per heavy atom. The van der Waals surface area contributed by atoms with Crippen molar-refractivity contribution in [3.05, 3.63) is 0 Å². The first-order chi connectivity index (χ1) is 4.27. The summed E-state index contributed by atoms with van der Waals surface area (Å²) >= 11 is 4.27. The van der Waals surface area contributed by atoms with Gasteiger partial charge in [0.2, 0.25) is 0 Å². The van der Waals surface area contributed by atoms with Crippen LogP contribution < -0.4 is 0 Å². The fourth-order valence-electron chi connectivity index (χ4n) is 1.12. The molecule has 1 aliphatic heterocycles. The van der Waals surface area contributed by atoms with Gasteiger partial charge in [-0.1, -0.05) is 6.92 Å². The normalized spacial score (nSPS) is 36.7. The SMILES string of the molecule is CC1(CS)CCCOC1. The molecule has 1 rings (SSSR count). The Morgan fingerprint density at radius 1 is 1.67 bits per heavy atom. The number of thiol groups is 1. The summed E-state index contributed by atoms with van der Waals surface area (Å²) in [6.07, 6.45) is 2.48. The third-order valence-electron chi connectivity index (χ3n) is 1.90. The average Bonchev–Trinajstić information content (AvgIpc) is 1.90. The van der Waals surface area contributed by atoms with Gasteiger partial charge in [-0.05, 0) is 24.0 Å². The number of hydrogen-bond acceptors (Lipinski definition) is 2. The largest absolute Gasteiger partial charge is 0.381 e. The van der Waals surface area contributed by atoms with Gasteiger partial charge < -0.3 is 4.74 Å². The molecule has 0 spiro atoms. The first-order valence-corrected chi connectivity index (χ1v) is 4.09. The maximum Gasteiger partial charge on any atom is 0.0527 e. The van der Waals surface area contributed by atoms with Crippen LogP contribution in [0.3, 0.4) is 0 Å². The average molecular weight is 146 g/mol. The van der Waals surface area contributed by atoms with E-state index >= 15 is 0 Å². The summed E-state index contributed by atoms with van der Waals surface area (Å²) in [5, 5.41) is 0. The van der Waals surface area contributed by atoms with Crippen molar-refractivity contribution in [2.24, 2.45) is 5.41 Å². The van der Waals surface area contributed by atoms with E-state index in [-0.39, 0.29) is 0 Å². The van der Waals surface area contributed by atoms with Crippen LogP contribution in [-0.2, 0) is 4.74 Å². The second-order valence-electron chi connectivity index (χ2n) is 3.12. The first kappa shape index (κ1) is 7.42. The quantitative estimate of drug-likeness (QED) is 0.554. The van der Waals surface area contributed by atoms with E-state index in [1.54, 1.807) is 0 Å². The van der Waals surface area contributed by atoms with Crippen LogP contribution in [-0.4, -0.2) is 19.0 Å². The molecule has 0 aromatic carbocycles. The predicted octanol–water partition coefficient (Wildman–Crippen LogP) is 1.73. The summed E-state index contributed by atoms with van der Waals surface area (Å²) in [7, 11) is 0.